The van der Waals surface area contributed by atoms with Crippen LogP contribution in [0.2, 0.25) is 0 Å². The summed E-state index contributed by atoms with van der Waals surface area (Å²) in [5.41, 5.74) is 2.29. The number of rotatable bonds is 6. The Kier molecular flexibility index (Phi) is 5.32. The molecule has 5 heteroatoms. The average molecular weight is 264 g/mol. The van der Waals surface area contributed by atoms with Gasteiger partial charge < -0.3 is 20.5 Å². The van der Waals surface area contributed by atoms with Crippen molar-refractivity contribution in [2.45, 2.75) is 12.5 Å². The fraction of sp³-hybridized carbons (Fsp3) is 0.500. The molecule has 104 valence electrons. The number of aliphatic hydroxyl groups is 1. The first-order chi connectivity index (χ1) is 9.33. The first-order valence-corrected chi connectivity index (χ1v) is 6.57. The summed E-state index contributed by atoms with van der Waals surface area (Å²) in [5.74, 6) is -0.116. The van der Waals surface area contributed by atoms with Crippen LogP contribution in [-0.4, -0.2) is 43.9 Å². The van der Waals surface area contributed by atoms with Gasteiger partial charge in [-0.15, -0.1) is 0 Å². The number of hydrogen-bond donors (Lipinski definition) is 3. The summed E-state index contributed by atoms with van der Waals surface area (Å²) in [6.07, 6.45) is 0. The van der Waals surface area contributed by atoms with Crippen LogP contribution in [0.1, 0.15) is 17.0 Å². The van der Waals surface area contributed by atoms with E-state index in [0.717, 1.165) is 12.1 Å². The first kappa shape index (κ1) is 14.0. The molecule has 1 aromatic rings. The molecule has 1 amide bonds. The van der Waals surface area contributed by atoms with Gasteiger partial charge >= 0.3 is 0 Å². The highest BCUT2D eigenvalue weighted by atomic mass is 16.5. The van der Waals surface area contributed by atoms with Crippen LogP contribution in [-0.2, 0) is 16.1 Å². The van der Waals surface area contributed by atoms with Crippen molar-refractivity contribution in [1.82, 2.24) is 10.6 Å². The molecule has 2 rings (SSSR count). The molecule has 5 nitrogen and oxygen atoms in total. The molecule has 0 saturated carbocycles. The topological polar surface area (TPSA) is 70.6 Å². The van der Waals surface area contributed by atoms with E-state index >= 15 is 0 Å². The van der Waals surface area contributed by atoms with Crippen molar-refractivity contribution < 1.29 is 14.6 Å². The molecule has 0 aliphatic carbocycles. The average Bonchev–Trinajstić information content (AvgIpc) is 2.46. The van der Waals surface area contributed by atoms with Crippen LogP contribution in [0.5, 0.6) is 0 Å². The van der Waals surface area contributed by atoms with E-state index in [1.165, 1.54) is 5.56 Å². The van der Waals surface area contributed by atoms with Crippen molar-refractivity contribution in [3.05, 3.63) is 35.4 Å². The molecule has 0 saturated heterocycles. The van der Waals surface area contributed by atoms with Crippen LogP contribution in [0.15, 0.2) is 24.3 Å². The Bertz CT molecular complexity index is 423. The van der Waals surface area contributed by atoms with Crippen molar-refractivity contribution in [1.29, 1.82) is 0 Å². The molecular formula is C14H20N2O3. The van der Waals surface area contributed by atoms with Gasteiger partial charge in [-0.25, -0.2) is 0 Å². The van der Waals surface area contributed by atoms with Crippen molar-refractivity contribution in [3.63, 3.8) is 0 Å². The summed E-state index contributed by atoms with van der Waals surface area (Å²) < 4.78 is 5.11. The molecule has 1 aliphatic rings. The number of hydrogen-bond acceptors (Lipinski definition) is 4. The highest BCUT2D eigenvalue weighted by molar-refractivity contribution is 5.84. The number of amides is 1. The Morgan fingerprint density at radius 3 is 3.11 bits per heavy atom. The number of carbonyl (C=O) groups excluding carboxylic acids is 1. The van der Waals surface area contributed by atoms with E-state index in [1.54, 1.807) is 0 Å². The van der Waals surface area contributed by atoms with Gasteiger partial charge in [0, 0.05) is 19.6 Å². The summed E-state index contributed by atoms with van der Waals surface area (Å²) in [6.45, 7) is 2.70. The van der Waals surface area contributed by atoms with Crippen molar-refractivity contribution in [2.24, 2.45) is 0 Å². The molecule has 0 spiro atoms. The van der Waals surface area contributed by atoms with Gasteiger partial charge in [0.05, 0.1) is 25.7 Å². The van der Waals surface area contributed by atoms with Gasteiger partial charge in [-0.05, 0) is 11.1 Å². The summed E-state index contributed by atoms with van der Waals surface area (Å²) in [7, 11) is 0. The summed E-state index contributed by atoms with van der Waals surface area (Å²) >= 11 is 0. The van der Waals surface area contributed by atoms with Gasteiger partial charge in [0.2, 0.25) is 5.91 Å². The Morgan fingerprint density at radius 2 is 2.26 bits per heavy atom. The number of benzene rings is 1. The molecule has 1 atom stereocenters. The standard InChI is InChI=1S/C14H20N2O3/c17-6-8-19-7-5-16-14(18)13-10-15-9-11-3-1-2-4-12(11)13/h1-4,13,15,17H,5-10H2,(H,16,18). The number of carbonyl (C=O) groups is 1. The van der Waals surface area contributed by atoms with Crippen LogP contribution in [0.4, 0.5) is 0 Å². The molecule has 19 heavy (non-hydrogen) atoms. The molecule has 0 aromatic heterocycles. The second-order valence-electron chi connectivity index (χ2n) is 4.51. The van der Waals surface area contributed by atoms with Gasteiger partial charge in [0.15, 0.2) is 0 Å². The maximum absolute atomic E-state index is 12.1. The van der Waals surface area contributed by atoms with Crippen LogP contribution >= 0.6 is 0 Å². The van der Waals surface area contributed by atoms with Crippen LogP contribution < -0.4 is 10.6 Å². The Labute approximate surface area is 113 Å². The predicted octanol–water partition coefficient (Wildman–Crippen LogP) is -0.00150. The van der Waals surface area contributed by atoms with E-state index in [2.05, 4.69) is 10.6 Å². The molecule has 0 radical (unpaired) electrons. The second kappa shape index (κ2) is 7.23. The molecule has 1 unspecified atom stereocenters. The largest absolute Gasteiger partial charge is 0.394 e. The van der Waals surface area contributed by atoms with Crippen molar-refractivity contribution in [3.8, 4) is 0 Å². The van der Waals surface area contributed by atoms with E-state index < -0.39 is 0 Å². The Morgan fingerprint density at radius 1 is 1.42 bits per heavy atom. The maximum atomic E-state index is 12.1. The van der Waals surface area contributed by atoms with Gasteiger partial charge in [0.1, 0.15) is 0 Å². The highest BCUT2D eigenvalue weighted by Gasteiger charge is 2.25. The third-order valence-corrected chi connectivity index (χ3v) is 3.19. The van der Waals surface area contributed by atoms with Gasteiger partial charge in [-0.3, -0.25) is 4.79 Å². The monoisotopic (exact) mass is 264 g/mol. The maximum Gasteiger partial charge on any atom is 0.228 e. The zero-order valence-corrected chi connectivity index (χ0v) is 10.9. The fourth-order valence-corrected chi connectivity index (χ4v) is 2.27. The van der Waals surface area contributed by atoms with Crippen molar-refractivity contribution in [2.75, 3.05) is 32.9 Å². The van der Waals surface area contributed by atoms with Crippen molar-refractivity contribution >= 4 is 5.91 Å². The lowest BCUT2D eigenvalue weighted by Crippen LogP contribution is -2.40. The normalized spacial score (nSPS) is 17.8. The third kappa shape index (κ3) is 3.76. The predicted molar refractivity (Wildman–Crippen MR) is 71.8 cm³/mol. The van der Waals surface area contributed by atoms with Crippen LogP contribution in [0, 0.1) is 0 Å². The van der Waals surface area contributed by atoms with Crippen LogP contribution in [0.25, 0.3) is 0 Å². The molecular weight excluding hydrogens is 244 g/mol. The third-order valence-electron chi connectivity index (χ3n) is 3.19. The fourth-order valence-electron chi connectivity index (χ4n) is 2.27. The molecule has 0 bridgehead atoms. The smallest absolute Gasteiger partial charge is 0.228 e. The first-order valence-electron chi connectivity index (χ1n) is 6.57. The summed E-state index contributed by atoms with van der Waals surface area (Å²) in [6, 6.07) is 8.02. The van der Waals surface area contributed by atoms with Gasteiger partial charge in [0.25, 0.3) is 0 Å². The van der Waals surface area contributed by atoms with Gasteiger partial charge in [-0.2, -0.15) is 0 Å². The van der Waals surface area contributed by atoms with E-state index in [4.69, 9.17) is 9.84 Å². The molecule has 1 heterocycles. The minimum Gasteiger partial charge on any atom is -0.394 e. The van der Waals surface area contributed by atoms with Crippen LogP contribution in [0.3, 0.4) is 0 Å². The zero-order chi connectivity index (χ0) is 13.5. The van der Waals surface area contributed by atoms with E-state index in [-0.39, 0.29) is 18.4 Å². The van der Waals surface area contributed by atoms with E-state index in [0.29, 0.717) is 26.3 Å². The Balaban J connectivity index is 1.86. The number of ether oxygens (including phenoxy) is 1. The quantitative estimate of drug-likeness (QED) is 0.633. The molecule has 0 fully saturated rings. The van der Waals surface area contributed by atoms with E-state index in [1.807, 2.05) is 24.3 Å². The number of nitrogens with one attached hydrogen (secondary N) is 2. The second-order valence-corrected chi connectivity index (χ2v) is 4.51. The lowest BCUT2D eigenvalue weighted by atomic mass is 9.90. The lowest BCUT2D eigenvalue weighted by molar-refractivity contribution is -0.122. The molecule has 3 N–H and O–H groups in total. The molecule has 1 aromatic carbocycles. The zero-order valence-electron chi connectivity index (χ0n) is 10.9. The summed E-state index contributed by atoms with van der Waals surface area (Å²) in [5, 5.41) is 14.7. The lowest BCUT2D eigenvalue weighted by Gasteiger charge is -2.25. The summed E-state index contributed by atoms with van der Waals surface area (Å²) in [4.78, 5) is 12.1. The number of aliphatic hydroxyl groups excluding tert-OH is 1. The highest BCUT2D eigenvalue weighted by Crippen LogP contribution is 2.23. The molecule has 1 aliphatic heterocycles. The minimum atomic E-state index is -0.136. The van der Waals surface area contributed by atoms with Gasteiger partial charge in [-0.1, -0.05) is 24.3 Å². The number of fused-ring (bicyclic) bond motifs is 1. The Hall–Kier alpha value is -1.43. The minimum absolute atomic E-state index is 0.00780. The van der Waals surface area contributed by atoms with E-state index in [9.17, 15) is 4.79 Å². The SMILES string of the molecule is O=C(NCCOCCO)C1CNCc2ccccc21.